The number of thioether (sulfide) groups is 1. The number of benzene rings is 2. The van der Waals surface area contributed by atoms with Crippen molar-refractivity contribution in [3.8, 4) is 5.75 Å². The van der Waals surface area contributed by atoms with Gasteiger partial charge < -0.3 is 4.74 Å². The molecule has 28 heavy (non-hydrogen) atoms. The summed E-state index contributed by atoms with van der Waals surface area (Å²) in [6.45, 7) is 4.17. The molecule has 0 unspecified atom stereocenters. The highest BCUT2D eigenvalue weighted by Gasteiger charge is 2.15. The molecule has 0 bridgehead atoms. The molecule has 0 spiro atoms. The molecule has 146 valence electrons. The molecule has 0 radical (unpaired) electrons. The topological polar surface area (TPSA) is 52.3 Å². The van der Waals surface area contributed by atoms with E-state index in [1.54, 1.807) is 18.9 Å². The van der Waals surface area contributed by atoms with E-state index in [1.165, 1.54) is 5.56 Å². The standard InChI is InChI=1S/C20H20Br2N4OS/c1-13(2)19-24-25-20(28-12-14-4-7-16(21)8-5-14)26(19)23-11-15-6-9-18(27-3)17(22)10-15/h4-11,13H,12H2,1-3H3/b23-11+. The van der Waals surface area contributed by atoms with Gasteiger partial charge in [0.2, 0.25) is 5.16 Å². The van der Waals surface area contributed by atoms with Crippen LogP contribution in [0, 0.1) is 0 Å². The fourth-order valence-corrected chi connectivity index (χ4v) is 4.12. The van der Waals surface area contributed by atoms with Crippen LogP contribution in [0.4, 0.5) is 0 Å². The Kier molecular flexibility index (Phi) is 7.31. The van der Waals surface area contributed by atoms with Crippen molar-refractivity contribution in [2.24, 2.45) is 5.10 Å². The van der Waals surface area contributed by atoms with Gasteiger partial charge in [0.1, 0.15) is 5.75 Å². The summed E-state index contributed by atoms with van der Waals surface area (Å²) in [5.74, 6) is 2.64. The fraction of sp³-hybridized carbons (Fsp3) is 0.250. The largest absolute Gasteiger partial charge is 0.496 e. The minimum atomic E-state index is 0.217. The zero-order chi connectivity index (χ0) is 20.1. The highest BCUT2D eigenvalue weighted by molar-refractivity contribution is 9.10. The lowest BCUT2D eigenvalue weighted by Crippen LogP contribution is -2.02. The monoisotopic (exact) mass is 522 g/mol. The van der Waals surface area contributed by atoms with Crippen LogP contribution in [0.15, 0.2) is 61.7 Å². The number of halogens is 2. The maximum Gasteiger partial charge on any atom is 0.212 e. The van der Waals surface area contributed by atoms with Crippen molar-refractivity contribution < 1.29 is 4.74 Å². The molecule has 0 aliphatic carbocycles. The Morgan fingerprint density at radius 3 is 2.54 bits per heavy atom. The molecule has 3 aromatic rings. The summed E-state index contributed by atoms with van der Waals surface area (Å²) < 4.78 is 9.06. The Morgan fingerprint density at radius 1 is 1.14 bits per heavy atom. The maximum atomic E-state index is 5.28. The Balaban J connectivity index is 1.83. The summed E-state index contributed by atoms with van der Waals surface area (Å²) in [5.41, 5.74) is 2.18. The molecule has 0 amide bonds. The van der Waals surface area contributed by atoms with Gasteiger partial charge in [-0.3, -0.25) is 0 Å². The van der Waals surface area contributed by atoms with E-state index in [4.69, 9.17) is 4.74 Å². The molecule has 0 aliphatic heterocycles. The van der Waals surface area contributed by atoms with Crippen molar-refractivity contribution in [2.75, 3.05) is 7.11 Å². The normalized spacial score (nSPS) is 11.5. The van der Waals surface area contributed by atoms with Gasteiger partial charge in [-0.15, -0.1) is 10.2 Å². The van der Waals surface area contributed by atoms with E-state index in [0.717, 1.165) is 37.0 Å². The Bertz CT molecular complexity index is 971. The van der Waals surface area contributed by atoms with Gasteiger partial charge in [-0.1, -0.05) is 53.7 Å². The molecule has 0 aliphatic rings. The zero-order valence-corrected chi connectivity index (χ0v) is 19.8. The van der Waals surface area contributed by atoms with Crippen LogP contribution in [-0.4, -0.2) is 28.2 Å². The van der Waals surface area contributed by atoms with Gasteiger partial charge in [0.05, 0.1) is 17.8 Å². The lowest BCUT2D eigenvalue weighted by Gasteiger charge is -2.07. The van der Waals surface area contributed by atoms with Crippen LogP contribution in [0.3, 0.4) is 0 Å². The van der Waals surface area contributed by atoms with Gasteiger partial charge >= 0.3 is 0 Å². The van der Waals surface area contributed by atoms with Crippen LogP contribution in [0.5, 0.6) is 5.75 Å². The minimum Gasteiger partial charge on any atom is -0.496 e. The Morgan fingerprint density at radius 2 is 1.89 bits per heavy atom. The molecule has 0 saturated heterocycles. The Hall–Kier alpha value is -1.64. The summed E-state index contributed by atoms with van der Waals surface area (Å²) in [7, 11) is 1.65. The molecule has 1 aromatic heterocycles. The van der Waals surface area contributed by atoms with Gasteiger partial charge in [0, 0.05) is 16.1 Å². The molecule has 8 heteroatoms. The molecule has 3 rings (SSSR count). The minimum absolute atomic E-state index is 0.217. The van der Waals surface area contributed by atoms with Crippen LogP contribution in [0.1, 0.15) is 36.7 Å². The third-order valence-corrected chi connectivity index (χ3v) is 6.07. The summed E-state index contributed by atoms with van der Waals surface area (Å²) >= 11 is 8.59. The maximum absolute atomic E-state index is 5.28. The molecule has 5 nitrogen and oxygen atoms in total. The van der Waals surface area contributed by atoms with Crippen molar-refractivity contribution in [1.82, 2.24) is 14.9 Å². The van der Waals surface area contributed by atoms with Gasteiger partial charge in [0.25, 0.3) is 0 Å². The van der Waals surface area contributed by atoms with Gasteiger partial charge in [0.15, 0.2) is 5.82 Å². The van der Waals surface area contributed by atoms with Crippen LogP contribution in [0.25, 0.3) is 0 Å². The van der Waals surface area contributed by atoms with Crippen molar-refractivity contribution in [3.63, 3.8) is 0 Å². The zero-order valence-electron chi connectivity index (χ0n) is 15.8. The van der Waals surface area contributed by atoms with E-state index in [9.17, 15) is 0 Å². The molecule has 0 fully saturated rings. The number of aromatic nitrogens is 3. The van der Waals surface area contributed by atoms with E-state index in [-0.39, 0.29) is 5.92 Å². The lowest BCUT2D eigenvalue weighted by molar-refractivity contribution is 0.412. The van der Waals surface area contributed by atoms with Crippen molar-refractivity contribution >= 4 is 49.8 Å². The average Bonchev–Trinajstić information content (AvgIpc) is 3.09. The predicted molar refractivity (Wildman–Crippen MR) is 122 cm³/mol. The smallest absolute Gasteiger partial charge is 0.212 e. The van der Waals surface area contributed by atoms with Crippen LogP contribution < -0.4 is 4.74 Å². The Labute approximate surface area is 185 Å². The van der Waals surface area contributed by atoms with Gasteiger partial charge in [-0.2, -0.15) is 9.78 Å². The van der Waals surface area contributed by atoms with E-state index >= 15 is 0 Å². The molecule has 2 aromatic carbocycles. The number of nitrogens with zero attached hydrogens (tertiary/aromatic N) is 4. The van der Waals surface area contributed by atoms with Crippen LogP contribution in [0.2, 0.25) is 0 Å². The van der Waals surface area contributed by atoms with Crippen molar-refractivity contribution in [3.05, 3.63) is 68.4 Å². The lowest BCUT2D eigenvalue weighted by atomic mass is 10.2. The SMILES string of the molecule is COc1ccc(/C=N/n2c(SCc3ccc(Br)cc3)nnc2C(C)C)cc1Br. The van der Waals surface area contributed by atoms with E-state index in [1.807, 2.05) is 41.2 Å². The van der Waals surface area contributed by atoms with E-state index < -0.39 is 0 Å². The number of ether oxygens (including phenoxy) is 1. The molecule has 0 saturated carbocycles. The number of hydrogen-bond donors (Lipinski definition) is 0. The molecule has 0 atom stereocenters. The summed E-state index contributed by atoms with van der Waals surface area (Å²) in [6, 6.07) is 14.1. The molecular formula is C20H20Br2N4OS. The molecular weight excluding hydrogens is 504 g/mol. The third kappa shape index (κ3) is 5.24. The average molecular weight is 524 g/mol. The highest BCUT2D eigenvalue weighted by Crippen LogP contribution is 2.27. The predicted octanol–water partition coefficient (Wildman–Crippen LogP) is 6.11. The summed E-state index contributed by atoms with van der Waals surface area (Å²) in [4.78, 5) is 0. The molecule has 0 N–H and O–H groups in total. The first-order chi connectivity index (χ1) is 13.5. The number of rotatable bonds is 7. The van der Waals surface area contributed by atoms with Crippen LogP contribution in [-0.2, 0) is 5.75 Å². The first-order valence-electron chi connectivity index (χ1n) is 8.68. The second-order valence-electron chi connectivity index (χ2n) is 6.36. The number of methoxy groups -OCH3 is 1. The second-order valence-corrected chi connectivity index (χ2v) is 9.07. The van der Waals surface area contributed by atoms with Gasteiger partial charge in [-0.05, 0) is 57.4 Å². The van der Waals surface area contributed by atoms with Gasteiger partial charge in [-0.25, -0.2) is 0 Å². The quantitative estimate of drug-likeness (QED) is 0.277. The number of hydrogen-bond acceptors (Lipinski definition) is 5. The fourth-order valence-electron chi connectivity index (χ4n) is 2.45. The molecule has 1 heterocycles. The van der Waals surface area contributed by atoms with E-state index in [0.29, 0.717) is 0 Å². The summed E-state index contributed by atoms with van der Waals surface area (Å²) in [5, 5.41) is 14.1. The first-order valence-corrected chi connectivity index (χ1v) is 11.3. The van der Waals surface area contributed by atoms with E-state index in [2.05, 4.69) is 73.1 Å². The highest BCUT2D eigenvalue weighted by atomic mass is 79.9. The first kappa shape index (κ1) is 21.1. The summed E-state index contributed by atoms with van der Waals surface area (Å²) in [6.07, 6.45) is 1.81. The van der Waals surface area contributed by atoms with Crippen LogP contribution >= 0.6 is 43.6 Å². The van der Waals surface area contributed by atoms with Crippen molar-refractivity contribution in [2.45, 2.75) is 30.7 Å². The second kappa shape index (κ2) is 9.71. The third-order valence-electron chi connectivity index (χ3n) is 3.93. The van der Waals surface area contributed by atoms with Crippen molar-refractivity contribution in [1.29, 1.82) is 0 Å².